The van der Waals surface area contributed by atoms with Gasteiger partial charge < -0.3 is 9.84 Å². The monoisotopic (exact) mass is 527 g/mol. The normalized spacial score (nSPS) is 43.3. The number of aliphatic hydroxyl groups is 1. The van der Waals surface area contributed by atoms with Gasteiger partial charge in [-0.3, -0.25) is 4.79 Å². The Hall–Kier alpha value is -1.50. The summed E-state index contributed by atoms with van der Waals surface area (Å²) in [7, 11) is 1.85. The van der Waals surface area contributed by atoms with Gasteiger partial charge in [0.25, 0.3) is 0 Å². The van der Waals surface area contributed by atoms with Gasteiger partial charge in [-0.2, -0.15) is 0 Å². The third-order valence-electron chi connectivity index (χ3n) is 12.0. The predicted octanol–water partition coefficient (Wildman–Crippen LogP) is 6.08. The summed E-state index contributed by atoms with van der Waals surface area (Å²) in [5.41, 5.74) is 1.25. The summed E-state index contributed by atoms with van der Waals surface area (Å²) >= 11 is 6.30. The van der Waals surface area contributed by atoms with Gasteiger partial charge in [-0.1, -0.05) is 36.7 Å². The maximum absolute atomic E-state index is 13.8. The van der Waals surface area contributed by atoms with E-state index in [2.05, 4.69) is 24.2 Å². The van der Waals surface area contributed by atoms with Crippen LogP contribution in [0.5, 0.6) is 0 Å². The zero-order valence-electron chi connectivity index (χ0n) is 22.8. The van der Waals surface area contributed by atoms with Crippen LogP contribution in [0.15, 0.2) is 18.2 Å². The number of hydrogen-bond acceptors (Lipinski definition) is 5. The summed E-state index contributed by atoms with van der Waals surface area (Å²) in [5.74, 6) is 2.01. The second-order valence-corrected chi connectivity index (χ2v) is 14.1. The molecule has 1 heterocycles. The first-order valence-corrected chi connectivity index (χ1v) is 14.6. The molecular weight excluding hydrogens is 486 g/mol. The first-order valence-electron chi connectivity index (χ1n) is 14.3. The van der Waals surface area contributed by atoms with Crippen molar-refractivity contribution in [3.05, 3.63) is 23.2 Å². The number of rotatable bonds is 5. The highest BCUT2D eigenvalue weighted by atomic mass is 35.5. The van der Waals surface area contributed by atoms with Crippen molar-refractivity contribution >= 4 is 28.4 Å². The number of benzene rings is 1. The van der Waals surface area contributed by atoms with E-state index in [4.69, 9.17) is 16.3 Å². The SMILES string of the molecule is COC[C@]12CC[C@@](C)(O)C[C@@H]1CC[C@H]1[C@@H]3CC[C@H](C(=O)Cn4nnc5c(Cl)cccc54)[C@@]3(C)CC[C@@]12C. The molecule has 0 unspecified atom stereocenters. The van der Waals surface area contributed by atoms with E-state index < -0.39 is 5.60 Å². The van der Waals surface area contributed by atoms with E-state index >= 15 is 0 Å². The number of hydrogen-bond donors (Lipinski definition) is 1. The van der Waals surface area contributed by atoms with Gasteiger partial charge in [-0.05, 0) is 105 Å². The number of carbonyl (C=O) groups is 1. The van der Waals surface area contributed by atoms with Crippen molar-refractivity contribution in [2.75, 3.05) is 13.7 Å². The molecule has 202 valence electrons. The van der Waals surface area contributed by atoms with Crippen LogP contribution in [0, 0.1) is 39.9 Å². The zero-order chi connectivity index (χ0) is 26.2. The lowest BCUT2D eigenvalue weighted by Crippen LogP contribution is -2.63. The Morgan fingerprint density at radius 1 is 1.11 bits per heavy atom. The van der Waals surface area contributed by atoms with Crippen molar-refractivity contribution in [1.29, 1.82) is 0 Å². The van der Waals surface area contributed by atoms with Gasteiger partial charge in [-0.15, -0.1) is 5.10 Å². The number of halogens is 1. The van der Waals surface area contributed by atoms with Crippen LogP contribution in [-0.4, -0.2) is 45.2 Å². The average molecular weight is 528 g/mol. The summed E-state index contributed by atoms with van der Waals surface area (Å²) < 4.78 is 7.70. The first-order chi connectivity index (χ1) is 17.5. The number of nitrogens with zero attached hydrogens (tertiary/aromatic N) is 3. The molecule has 6 nitrogen and oxygen atoms in total. The lowest BCUT2D eigenvalue weighted by atomic mass is 9.37. The van der Waals surface area contributed by atoms with Crippen LogP contribution >= 0.6 is 11.6 Å². The van der Waals surface area contributed by atoms with E-state index in [0.29, 0.717) is 28.3 Å². The summed E-state index contributed by atoms with van der Waals surface area (Å²) in [6.07, 6.45) is 9.47. The molecule has 0 amide bonds. The summed E-state index contributed by atoms with van der Waals surface area (Å²) in [6.45, 7) is 8.02. The molecule has 2 aromatic rings. The average Bonchev–Trinajstić information content (AvgIpc) is 3.41. The molecule has 0 saturated heterocycles. The number of ketones is 1. The largest absolute Gasteiger partial charge is 0.390 e. The highest BCUT2D eigenvalue weighted by Gasteiger charge is 2.67. The molecule has 0 spiro atoms. The number of fused-ring (bicyclic) bond motifs is 6. The predicted molar refractivity (Wildman–Crippen MR) is 144 cm³/mol. The molecule has 7 heteroatoms. The second kappa shape index (κ2) is 8.76. The molecule has 4 fully saturated rings. The second-order valence-electron chi connectivity index (χ2n) is 13.7. The van der Waals surface area contributed by atoms with Crippen LogP contribution < -0.4 is 0 Å². The maximum atomic E-state index is 13.8. The van der Waals surface area contributed by atoms with Crippen molar-refractivity contribution in [3.63, 3.8) is 0 Å². The Balaban J connectivity index is 1.27. The first kappa shape index (κ1) is 25.8. The van der Waals surface area contributed by atoms with Crippen LogP contribution in [0.25, 0.3) is 11.0 Å². The Kier molecular flexibility index (Phi) is 6.10. The van der Waals surface area contributed by atoms with Gasteiger partial charge in [0.05, 0.1) is 22.7 Å². The van der Waals surface area contributed by atoms with Crippen molar-refractivity contribution in [1.82, 2.24) is 15.0 Å². The van der Waals surface area contributed by atoms with E-state index in [1.54, 1.807) is 4.68 Å². The zero-order valence-corrected chi connectivity index (χ0v) is 23.6. The molecule has 4 aliphatic carbocycles. The molecule has 0 aliphatic heterocycles. The van der Waals surface area contributed by atoms with Crippen LogP contribution in [0.4, 0.5) is 0 Å². The molecule has 1 aromatic carbocycles. The van der Waals surface area contributed by atoms with Crippen LogP contribution in [0.1, 0.15) is 78.6 Å². The lowest BCUT2D eigenvalue weighted by Gasteiger charge is -2.68. The topological polar surface area (TPSA) is 77.2 Å². The van der Waals surface area contributed by atoms with Gasteiger partial charge in [0, 0.05) is 18.4 Å². The molecule has 0 radical (unpaired) electrons. The van der Waals surface area contributed by atoms with E-state index in [1.165, 1.54) is 6.42 Å². The number of aromatic nitrogens is 3. The standard InChI is InChI=1S/C30H42ClN3O3/c1-27(36)12-15-30(18-37-4)19(16-27)8-9-21-20-10-11-22(28(20,2)13-14-29(21,30)3)25(35)17-34-24-7-5-6-23(31)26(24)32-33-34/h5-7,19-22,36H,8-18H2,1-4H3/t19-,20-,21-,22+,27+,28-,29-,30+/m0/s1. The highest BCUT2D eigenvalue weighted by molar-refractivity contribution is 6.34. The number of carbonyl (C=O) groups excluding carboxylic acids is 1. The number of methoxy groups -OCH3 is 1. The third kappa shape index (κ3) is 3.68. The lowest BCUT2D eigenvalue weighted by molar-refractivity contribution is -0.221. The van der Waals surface area contributed by atoms with Gasteiger partial charge in [-0.25, -0.2) is 4.68 Å². The Morgan fingerprint density at radius 3 is 2.68 bits per heavy atom. The van der Waals surface area contributed by atoms with Crippen LogP contribution in [0.2, 0.25) is 5.02 Å². The fraction of sp³-hybridized carbons (Fsp3) is 0.767. The quantitative estimate of drug-likeness (QED) is 0.510. The Bertz CT molecular complexity index is 1210. The fourth-order valence-electron chi connectivity index (χ4n) is 10.1. The number of ether oxygens (including phenoxy) is 1. The van der Waals surface area contributed by atoms with Crippen molar-refractivity contribution in [3.8, 4) is 0 Å². The van der Waals surface area contributed by atoms with E-state index in [-0.39, 0.29) is 34.5 Å². The third-order valence-corrected chi connectivity index (χ3v) is 12.3. The minimum absolute atomic E-state index is 0.0244. The van der Waals surface area contributed by atoms with Gasteiger partial charge in [0.2, 0.25) is 0 Å². The van der Waals surface area contributed by atoms with Gasteiger partial charge in [0.1, 0.15) is 12.1 Å². The number of Topliss-reactive ketones (excluding diaryl/α,β-unsaturated/α-hetero) is 1. The molecule has 0 bridgehead atoms. The smallest absolute Gasteiger partial charge is 0.157 e. The van der Waals surface area contributed by atoms with E-state index in [1.807, 2.05) is 32.2 Å². The summed E-state index contributed by atoms with van der Waals surface area (Å²) in [6, 6.07) is 5.64. The van der Waals surface area contributed by atoms with Crippen molar-refractivity contribution in [2.24, 2.45) is 39.9 Å². The maximum Gasteiger partial charge on any atom is 0.157 e. The van der Waals surface area contributed by atoms with Gasteiger partial charge in [0.15, 0.2) is 5.78 Å². The molecular formula is C30H42ClN3O3. The van der Waals surface area contributed by atoms with Crippen LogP contribution in [-0.2, 0) is 16.1 Å². The van der Waals surface area contributed by atoms with Crippen molar-refractivity contribution < 1.29 is 14.6 Å². The van der Waals surface area contributed by atoms with Gasteiger partial charge >= 0.3 is 0 Å². The summed E-state index contributed by atoms with van der Waals surface area (Å²) in [4.78, 5) is 13.8. The van der Waals surface area contributed by atoms with E-state index in [0.717, 1.165) is 63.5 Å². The molecule has 6 rings (SSSR count). The Morgan fingerprint density at radius 2 is 1.89 bits per heavy atom. The van der Waals surface area contributed by atoms with E-state index in [9.17, 15) is 9.90 Å². The minimum atomic E-state index is -0.561. The summed E-state index contributed by atoms with van der Waals surface area (Å²) in [5, 5.41) is 20.0. The molecule has 1 N–H and O–H groups in total. The fourth-order valence-corrected chi connectivity index (χ4v) is 10.3. The minimum Gasteiger partial charge on any atom is -0.390 e. The molecule has 1 aromatic heterocycles. The van der Waals surface area contributed by atoms with Crippen molar-refractivity contribution in [2.45, 2.75) is 90.7 Å². The Labute approximate surface area is 225 Å². The molecule has 8 atom stereocenters. The molecule has 37 heavy (non-hydrogen) atoms. The van der Waals surface area contributed by atoms with Crippen LogP contribution in [0.3, 0.4) is 0 Å². The highest BCUT2D eigenvalue weighted by Crippen LogP contribution is 2.73. The molecule has 4 saturated carbocycles. The molecule has 4 aliphatic rings.